The molecular formula is C11H14O4. The van der Waals surface area contributed by atoms with Crippen LogP contribution >= 0.6 is 0 Å². The number of phenolic OH excluding ortho intramolecular Hbond substituents is 1. The minimum Gasteiger partial charge on any atom is -0.504 e. The number of aryl methyl sites for hydroxylation is 1. The second kappa shape index (κ2) is 5.24. The molecule has 0 aliphatic heterocycles. The summed E-state index contributed by atoms with van der Waals surface area (Å²) in [5.74, 6) is -0.282. The van der Waals surface area contributed by atoms with Gasteiger partial charge in [0.15, 0.2) is 11.5 Å². The Bertz CT molecular complexity index is 346. The van der Waals surface area contributed by atoms with Crippen LogP contribution in [0.2, 0.25) is 0 Å². The zero-order valence-electron chi connectivity index (χ0n) is 8.56. The van der Waals surface area contributed by atoms with Crippen molar-refractivity contribution in [2.45, 2.75) is 19.3 Å². The molecule has 0 heterocycles. The Labute approximate surface area is 88.1 Å². The summed E-state index contributed by atoms with van der Waals surface area (Å²) in [6, 6.07) is 5.09. The number of carbonyl (C=O) groups is 1. The van der Waals surface area contributed by atoms with E-state index >= 15 is 0 Å². The van der Waals surface area contributed by atoms with Gasteiger partial charge in [-0.1, -0.05) is 6.07 Å². The summed E-state index contributed by atoms with van der Waals surface area (Å²) in [4.78, 5) is 10.3. The number of carboxylic acids is 1. The molecule has 0 fully saturated rings. The fraction of sp³-hybridized carbons (Fsp3) is 0.364. The van der Waals surface area contributed by atoms with Crippen LogP contribution in [0, 0.1) is 0 Å². The summed E-state index contributed by atoms with van der Waals surface area (Å²) in [6.45, 7) is 0. The van der Waals surface area contributed by atoms with Crippen molar-refractivity contribution in [3.05, 3.63) is 23.8 Å². The van der Waals surface area contributed by atoms with Crippen LogP contribution in [0.3, 0.4) is 0 Å². The van der Waals surface area contributed by atoms with Crippen LogP contribution in [-0.4, -0.2) is 23.3 Å². The van der Waals surface area contributed by atoms with E-state index in [2.05, 4.69) is 0 Å². The van der Waals surface area contributed by atoms with Gasteiger partial charge in [-0.25, -0.2) is 0 Å². The van der Waals surface area contributed by atoms with Gasteiger partial charge in [-0.3, -0.25) is 4.79 Å². The van der Waals surface area contributed by atoms with E-state index in [0.29, 0.717) is 18.6 Å². The SMILES string of the molecule is COc1ccc(CCCC(=O)O)cc1O. The van der Waals surface area contributed by atoms with Gasteiger partial charge in [-0.05, 0) is 30.5 Å². The first-order chi connectivity index (χ1) is 7.13. The molecular weight excluding hydrogens is 196 g/mol. The fourth-order valence-electron chi connectivity index (χ4n) is 1.33. The van der Waals surface area contributed by atoms with E-state index in [1.807, 2.05) is 6.07 Å². The van der Waals surface area contributed by atoms with Gasteiger partial charge < -0.3 is 14.9 Å². The third-order valence-corrected chi connectivity index (χ3v) is 2.10. The highest BCUT2D eigenvalue weighted by Gasteiger charge is 2.03. The molecule has 0 spiro atoms. The highest BCUT2D eigenvalue weighted by atomic mass is 16.5. The predicted octanol–water partition coefficient (Wildman–Crippen LogP) is 1.81. The summed E-state index contributed by atoms with van der Waals surface area (Å²) in [5.41, 5.74) is 0.912. The van der Waals surface area contributed by atoms with Gasteiger partial charge >= 0.3 is 5.97 Å². The summed E-state index contributed by atoms with van der Waals surface area (Å²) < 4.78 is 4.90. The number of rotatable bonds is 5. The lowest BCUT2D eigenvalue weighted by atomic mass is 10.1. The van der Waals surface area contributed by atoms with Crippen molar-refractivity contribution in [1.82, 2.24) is 0 Å². The molecule has 2 N–H and O–H groups in total. The Kier molecular flexibility index (Phi) is 3.97. The zero-order valence-corrected chi connectivity index (χ0v) is 8.56. The molecule has 0 saturated heterocycles. The van der Waals surface area contributed by atoms with Gasteiger partial charge in [0.25, 0.3) is 0 Å². The number of phenols is 1. The molecule has 4 heteroatoms. The molecule has 4 nitrogen and oxygen atoms in total. The molecule has 1 aromatic carbocycles. The molecule has 0 amide bonds. The first kappa shape index (κ1) is 11.4. The van der Waals surface area contributed by atoms with E-state index in [0.717, 1.165) is 5.56 Å². The highest BCUT2D eigenvalue weighted by molar-refractivity contribution is 5.66. The summed E-state index contributed by atoms with van der Waals surface area (Å²) in [6.07, 6.45) is 1.36. The number of ether oxygens (including phenoxy) is 1. The maximum atomic E-state index is 10.3. The fourth-order valence-corrected chi connectivity index (χ4v) is 1.33. The zero-order chi connectivity index (χ0) is 11.3. The van der Waals surface area contributed by atoms with Gasteiger partial charge in [0, 0.05) is 6.42 Å². The smallest absolute Gasteiger partial charge is 0.303 e. The maximum absolute atomic E-state index is 10.3. The van der Waals surface area contributed by atoms with Crippen molar-refractivity contribution in [3.63, 3.8) is 0 Å². The van der Waals surface area contributed by atoms with Crippen molar-refractivity contribution < 1.29 is 19.7 Å². The van der Waals surface area contributed by atoms with Crippen LogP contribution in [0.15, 0.2) is 18.2 Å². The molecule has 0 aromatic heterocycles. The molecule has 0 aliphatic rings. The Morgan fingerprint density at radius 1 is 1.47 bits per heavy atom. The Morgan fingerprint density at radius 3 is 2.73 bits per heavy atom. The normalized spacial score (nSPS) is 9.93. The monoisotopic (exact) mass is 210 g/mol. The number of aromatic hydroxyl groups is 1. The summed E-state index contributed by atoms with van der Waals surface area (Å²) in [7, 11) is 1.49. The topological polar surface area (TPSA) is 66.8 Å². The second-order valence-corrected chi connectivity index (χ2v) is 3.25. The third-order valence-electron chi connectivity index (χ3n) is 2.10. The second-order valence-electron chi connectivity index (χ2n) is 3.25. The number of benzene rings is 1. The molecule has 0 atom stereocenters. The lowest BCUT2D eigenvalue weighted by molar-refractivity contribution is -0.137. The molecule has 0 bridgehead atoms. The third kappa shape index (κ3) is 3.50. The molecule has 0 radical (unpaired) electrons. The Morgan fingerprint density at radius 2 is 2.20 bits per heavy atom. The largest absolute Gasteiger partial charge is 0.504 e. The van der Waals surface area contributed by atoms with Crippen LogP contribution in [-0.2, 0) is 11.2 Å². The summed E-state index contributed by atoms with van der Waals surface area (Å²) >= 11 is 0. The molecule has 15 heavy (non-hydrogen) atoms. The predicted molar refractivity (Wildman–Crippen MR) is 55.2 cm³/mol. The van der Waals surface area contributed by atoms with Crippen molar-refractivity contribution >= 4 is 5.97 Å². The van der Waals surface area contributed by atoms with Crippen LogP contribution in [0.4, 0.5) is 0 Å². The number of methoxy groups -OCH3 is 1. The first-order valence-corrected chi connectivity index (χ1v) is 4.71. The van der Waals surface area contributed by atoms with E-state index in [-0.39, 0.29) is 12.2 Å². The number of aliphatic carboxylic acids is 1. The first-order valence-electron chi connectivity index (χ1n) is 4.71. The van der Waals surface area contributed by atoms with Gasteiger partial charge in [-0.2, -0.15) is 0 Å². The summed E-state index contributed by atoms with van der Waals surface area (Å²) in [5, 5.41) is 17.9. The van der Waals surface area contributed by atoms with Crippen LogP contribution < -0.4 is 4.74 Å². The number of carboxylic acid groups (broad SMARTS) is 1. The van der Waals surface area contributed by atoms with E-state index in [1.54, 1.807) is 12.1 Å². The van der Waals surface area contributed by atoms with Gasteiger partial charge in [-0.15, -0.1) is 0 Å². The minimum atomic E-state index is -0.798. The van der Waals surface area contributed by atoms with E-state index in [1.165, 1.54) is 7.11 Å². The van der Waals surface area contributed by atoms with Crippen LogP contribution in [0.25, 0.3) is 0 Å². The van der Waals surface area contributed by atoms with Crippen molar-refractivity contribution in [2.75, 3.05) is 7.11 Å². The average Bonchev–Trinajstić information content (AvgIpc) is 2.17. The van der Waals surface area contributed by atoms with Crippen LogP contribution in [0.1, 0.15) is 18.4 Å². The molecule has 0 saturated carbocycles. The Balaban J connectivity index is 2.55. The molecule has 82 valence electrons. The van der Waals surface area contributed by atoms with Gasteiger partial charge in [0.2, 0.25) is 0 Å². The van der Waals surface area contributed by atoms with Crippen LogP contribution in [0.5, 0.6) is 11.5 Å². The van der Waals surface area contributed by atoms with E-state index < -0.39 is 5.97 Å². The van der Waals surface area contributed by atoms with E-state index in [9.17, 15) is 9.90 Å². The number of hydrogen-bond acceptors (Lipinski definition) is 3. The standard InChI is InChI=1S/C11H14O4/c1-15-10-6-5-8(7-9(10)12)3-2-4-11(13)14/h5-7,12H,2-4H2,1H3,(H,13,14). The lowest BCUT2D eigenvalue weighted by Crippen LogP contribution is -1.96. The molecule has 0 aliphatic carbocycles. The van der Waals surface area contributed by atoms with Crippen molar-refractivity contribution in [2.24, 2.45) is 0 Å². The van der Waals surface area contributed by atoms with Crippen molar-refractivity contribution in [1.29, 1.82) is 0 Å². The maximum Gasteiger partial charge on any atom is 0.303 e. The average molecular weight is 210 g/mol. The van der Waals surface area contributed by atoms with E-state index in [4.69, 9.17) is 9.84 Å². The van der Waals surface area contributed by atoms with Crippen molar-refractivity contribution in [3.8, 4) is 11.5 Å². The minimum absolute atomic E-state index is 0.0883. The van der Waals surface area contributed by atoms with Gasteiger partial charge in [0.1, 0.15) is 0 Å². The quantitative estimate of drug-likeness (QED) is 0.777. The van der Waals surface area contributed by atoms with Gasteiger partial charge in [0.05, 0.1) is 7.11 Å². The lowest BCUT2D eigenvalue weighted by Gasteiger charge is -2.05. The molecule has 1 aromatic rings. The number of hydrogen-bond donors (Lipinski definition) is 2. The highest BCUT2D eigenvalue weighted by Crippen LogP contribution is 2.26. The molecule has 0 unspecified atom stereocenters. The molecule has 1 rings (SSSR count). The Hall–Kier alpha value is -1.71.